The maximum absolute atomic E-state index is 11.5. The lowest BCUT2D eigenvalue weighted by Crippen LogP contribution is -2.25. The van der Waals surface area contributed by atoms with Gasteiger partial charge in [-0.25, -0.2) is 17.9 Å². The third-order valence-corrected chi connectivity index (χ3v) is 3.90. The summed E-state index contributed by atoms with van der Waals surface area (Å²) < 4.78 is 25.4. The summed E-state index contributed by atoms with van der Waals surface area (Å²) in [5, 5.41) is 8.49. The van der Waals surface area contributed by atoms with Crippen molar-refractivity contribution < 1.29 is 18.3 Å². The highest BCUT2D eigenvalue weighted by atomic mass is 32.2. The van der Waals surface area contributed by atoms with Crippen molar-refractivity contribution in [2.45, 2.75) is 19.9 Å². The van der Waals surface area contributed by atoms with Crippen molar-refractivity contribution in [1.82, 2.24) is 4.72 Å². The predicted molar refractivity (Wildman–Crippen MR) is 74.0 cm³/mol. The Morgan fingerprint density at radius 3 is 2.47 bits per heavy atom. The van der Waals surface area contributed by atoms with Crippen LogP contribution >= 0.6 is 0 Å². The van der Waals surface area contributed by atoms with E-state index < -0.39 is 16.0 Å². The van der Waals surface area contributed by atoms with Crippen LogP contribution in [0.4, 0.5) is 0 Å². The van der Waals surface area contributed by atoms with E-state index in [2.05, 4.69) is 4.72 Å². The number of carboxylic acids is 1. The Morgan fingerprint density at radius 1 is 1.32 bits per heavy atom. The summed E-state index contributed by atoms with van der Waals surface area (Å²) in [4.78, 5) is 10.4. The van der Waals surface area contributed by atoms with Crippen LogP contribution in [0.3, 0.4) is 0 Å². The van der Waals surface area contributed by atoms with Gasteiger partial charge in [0.05, 0.1) is 5.75 Å². The minimum Gasteiger partial charge on any atom is -0.478 e. The fourth-order valence-electron chi connectivity index (χ4n) is 1.45. The van der Waals surface area contributed by atoms with Crippen LogP contribution in [0.1, 0.15) is 24.5 Å². The van der Waals surface area contributed by atoms with Gasteiger partial charge in [-0.05, 0) is 23.6 Å². The van der Waals surface area contributed by atoms with Gasteiger partial charge in [0.2, 0.25) is 10.0 Å². The molecule has 5 nitrogen and oxygen atoms in total. The number of nitrogens with one attached hydrogen (secondary N) is 1. The second-order valence-corrected chi connectivity index (χ2v) is 5.98. The molecule has 0 fully saturated rings. The molecular formula is C13H17NO4S. The number of sulfonamides is 1. The molecule has 0 amide bonds. The predicted octanol–water partition coefficient (Wildman–Crippen LogP) is 1.61. The van der Waals surface area contributed by atoms with Crippen molar-refractivity contribution >= 4 is 22.1 Å². The van der Waals surface area contributed by atoms with Crippen molar-refractivity contribution in [1.29, 1.82) is 0 Å². The topological polar surface area (TPSA) is 83.5 Å². The maximum atomic E-state index is 11.5. The van der Waals surface area contributed by atoms with E-state index in [4.69, 9.17) is 5.11 Å². The van der Waals surface area contributed by atoms with Crippen molar-refractivity contribution in [3.8, 4) is 0 Å². The number of hydrogen-bond acceptors (Lipinski definition) is 3. The Kier molecular flexibility index (Phi) is 5.72. The van der Waals surface area contributed by atoms with Crippen molar-refractivity contribution in [3.63, 3.8) is 0 Å². The van der Waals surface area contributed by atoms with Gasteiger partial charge in [-0.15, -0.1) is 0 Å². The molecule has 0 aliphatic carbocycles. The minimum absolute atomic E-state index is 0.117. The SMILES string of the molecule is CCCS(=O)(=O)NCc1ccc(C=CC(=O)O)cc1. The highest BCUT2D eigenvalue weighted by Crippen LogP contribution is 2.06. The highest BCUT2D eigenvalue weighted by molar-refractivity contribution is 7.89. The van der Waals surface area contributed by atoms with E-state index in [9.17, 15) is 13.2 Å². The monoisotopic (exact) mass is 283 g/mol. The molecule has 0 unspecified atom stereocenters. The first-order valence-corrected chi connectivity index (χ1v) is 7.55. The van der Waals surface area contributed by atoms with E-state index in [1.807, 2.05) is 6.92 Å². The lowest BCUT2D eigenvalue weighted by molar-refractivity contribution is -0.131. The number of rotatable bonds is 7. The fraction of sp³-hybridized carbons (Fsp3) is 0.308. The summed E-state index contributed by atoms with van der Waals surface area (Å²) in [6, 6.07) is 7.00. The van der Waals surface area contributed by atoms with Crippen molar-refractivity contribution in [3.05, 3.63) is 41.5 Å². The van der Waals surface area contributed by atoms with Gasteiger partial charge >= 0.3 is 5.97 Å². The van der Waals surface area contributed by atoms with Crippen molar-refractivity contribution in [2.75, 3.05) is 5.75 Å². The van der Waals surface area contributed by atoms with E-state index in [1.54, 1.807) is 24.3 Å². The Morgan fingerprint density at radius 2 is 1.95 bits per heavy atom. The fourth-order valence-corrected chi connectivity index (χ4v) is 2.52. The Bertz CT molecular complexity index is 547. The molecule has 0 aliphatic heterocycles. The molecule has 0 radical (unpaired) electrons. The average Bonchev–Trinajstić information content (AvgIpc) is 2.35. The molecule has 0 spiro atoms. The van der Waals surface area contributed by atoms with E-state index >= 15 is 0 Å². The minimum atomic E-state index is -3.20. The Hall–Kier alpha value is -1.66. The summed E-state index contributed by atoms with van der Waals surface area (Å²) in [7, 11) is -3.20. The lowest BCUT2D eigenvalue weighted by atomic mass is 10.1. The van der Waals surface area contributed by atoms with E-state index in [0.717, 1.165) is 17.2 Å². The molecule has 0 atom stereocenters. The number of benzene rings is 1. The molecule has 0 aromatic heterocycles. The summed E-state index contributed by atoms with van der Waals surface area (Å²) in [6.45, 7) is 2.05. The van der Waals surface area contributed by atoms with Crippen LogP contribution in [0.25, 0.3) is 6.08 Å². The van der Waals surface area contributed by atoms with Gasteiger partial charge < -0.3 is 5.11 Å². The zero-order valence-electron chi connectivity index (χ0n) is 10.7. The summed E-state index contributed by atoms with van der Waals surface area (Å²) >= 11 is 0. The van der Waals surface area contributed by atoms with Crippen molar-refractivity contribution in [2.24, 2.45) is 0 Å². The zero-order chi connectivity index (χ0) is 14.3. The molecule has 0 heterocycles. The molecule has 0 saturated heterocycles. The van der Waals surface area contributed by atoms with Gasteiger partial charge in [-0.1, -0.05) is 31.2 Å². The molecule has 0 aliphatic rings. The summed E-state index contributed by atoms with van der Waals surface area (Å²) in [5.74, 6) is -0.886. The smallest absolute Gasteiger partial charge is 0.328 e. The molecule has 1 aromatic rings. The van der Waals surface area contributed by atoms with Gasteiger partial charge in [-0.2, -0.15) is 0 Å². The highest BCUT2D eigenvalue weighted by Gasteiger charge is 2.07. The van der Waals surface area contributed by atoms with E-state index in [0.29, 0.717) is 6.42 Å². The van der Waals surface area contributed by atoms with E-state index in [-0.39, 0.29) is 12.3 Å². The molecule has 104 valence electrons. The quantitative estimate of drug-likeness (QED) is 0.745. The van der Waals surface area contributed by atoms with Crippen LogP contribution in [0.5, 0.6) is 0 Å². The average molecular weight is 283 g/mol. The number of hydrogen-bond donors (Lipinski definition) is 2. The molecule has 6 heteroatoms. The molecular weight excluding hydrogens is 266 g/mol. The Balaban J connectivity index is 2.60. The van der Waals surface area contributed by atoms with Crippen LogP contribution in [0.15, 0.2) is 30.3 Å². The van der Waals surface area contributed by atoms with Gasteiger partial charge in [0.1, 0.15) is 0 Å². The standard InChI is InChI=1S/C13H17NO4S/c1-2-9-19(17,18)14-10-12-5-3-11(4-6-12)7-8-13(15)16/h3-8,14H,2,9-10H2,1H3,(H,15,16). The molecule has 0 bridgehead atoms. The molecule has 1 aromatic carbocycles. The van der Waals surface area contributed by atoms with Crippen LogP contribution in [-0.4, -0.2) is 25.2 Å². The number of carbonyl (C=O) groups is 1. The first-order valence-electron chi connectivity index (χ1n) is 5.90. The second kappa shape index (κ2) is 7.06. The van der Waals surface area contributed by atoms with Crippen LogP contribution in [0.2, 0.25) is 0 Å². The second-order valence-electron chi connectivity index (χ2n) is 4.05. The van der Waals surface area contributed by atoms with Gasteiger partial charge in [-0.3, -0.25) is 0 Å². The first-order chi connectivity index (χ1) is 8.93. The van der Waals surface area contributed by atoms with Gasteiger partial charge in [0.15, 0.2) is 0 Å². The first kappa shape index (κ1) is 15.4. The van der Waals surface area contributed by atoms with Gasteiger partial charge in [0, 0.05) is 12.6 Å². The van der Waals surface area contributed by atoms with Gasteiger partial charge in [0.25, 0.3) is 0 Å². The lowest BCUT2D eigenvalue weighted by Gasteiger charge is -2.05. The zero-order valence-corrected chi connectivity index (χ0v) is 11.5. The maximum Gasteiger partial charge on any atom is 0.328 e. The largest absolute Gasteiger partial charge is 0.478 e. The third kappa shape index (κ3) is 6.17. The third-order valence-electron chi connectivity index (χ3n) is 2.37. The van der Waals surface area contributed by atoms with Crippen LogP contribution in [-0.2, 0) is 21.4 Å². The van der Waals surface area contributed by atoms with Crippen LogP contribution < -0.4 is 4.72 Å². The van der Waals surface area contributed by atoms with Crippen LogP contribution in [0, 0.1) is 0 Å². The summed E-state index contributed by atoms with van der Waals surface area (Å²) in [6.07, 6.45) is 3.11. The number of aliphatic carboxylic acids is 1. The number of carboxylic acid groups (broad SMARTS) is 1. The normalized spacial score (nSPS) is 11.8. The molecule has 2 N–H and O–H groups in total. The molecule has 0 saturated carbocycles. The molecule has 19 heavy (non-hydrogen) atoms. The molecule has 1 rings (SSSR count). The van der Waals surface area contributed by atoms with E-state index in [1.165, 1.54) is 6.08 Å². The Labute approximate surface area is 113 Å². The summed E-state index contributed by atoms with van der Waals surface area (Å²) in [5.41, 5.74) is 1.58.